The van der Waals surface area contributed by atoms with Gasteiger partial charge in [0, 0.05) is 12.2 Å². The normalized spacial score (nSPS) is 17.9. The average molecular weight is 462 g/mol. The van der Waals surface area contributed by atoms with Gasteiger partial charge in [-0.1, -0.05) is 116 Å². The molecule has 1 fully saturated rings. The van der Waals surface area contributed by atoms with Crippen molar-refractivity contribution in [2.24, 2.45) is 5.41 Å². The minimum absolute atomic E-state index is 0.276. The summed E-state index contributed by atoms with van der Waals surface area (Å²) in [6.45, 7) is 2.98. The quantitative estimate of drug-likeness (QED) is 0.206. The van der Waals surface area contributed by atoms with Gasteiger partial charge in [0.2, 0.25) is 5.91 Å². The number of hydrogen-bond donors (Lipinski definition) is 0. The molecule has 1 aliphatic heterocycles. The van der Waals surface area contributed by atoms with Gasteiger partial charge >= 0.3 is 0 Å². The molecule has 4 aromatic rings. The Morgan fingerprint density at radius 2 is 1.09 bits per heavy atom. The van der Waals surface area contributed by atoms with Crippen molar-refractivity contribution in [2.45, 2.75) is 25.8 Å². The third kappa shape index (κ3) is 3.80. The summed E-state index contributed by atoms with van der Waals surface area (Å²) in [4.78, 5) is 15.5. The van der Waals surface area contributed by atoms with Crippen LogP contribution in [0.1, 0.15) is 19.8 Å². The van der Waals surface area contributed by atoms with Gasteiger partial charge in [0.15, 0.2) is 0 Å². The number of hydrogen-bond acceptors (Lipinski definition) is 1. The minimum Gasteiger partial charge on any atom is -0.311 e. The van der Waals surface area contributed by atoms with Gasteiger partial charge in [0.1, 0.15) is 8.07 Å². The number of carbonyl (C=O) groups excluding carboxylic acids is 1. The van der Waals surface area contributed by atoms with Crippen LogP contribution in [0.2, 0.25) is 6.04 Å². The summed E-state index contributed by atoms with van der Waals surface area (Å²) in [5.41, 5.74) is 0.723. The van der Waals surface area contributed by atoms with Crippen molar-refractivity contribution in [1.29, 1.82) is 0 Å². The molecule has 0 saturated carbocycles. The topological polar surface area (TPSA) is 20.3 Å². The zero-order valence-electron chi connectivity index (χ0n) is 19.7. The van der Waals surface area contributed by atoms with Crippen molar-refractivity contribution in [2.75, 3.05) is 11.4 Å². The van der Waals surface area contributed by atoms with Crippen LogP contribution in [0.25, 0.3) is 0 Å². The summed E-state index contributed by atoms with van der Waals surface area (Å²) in [6, 6.07) is 44.1. The van der Waals surface area contributed by atoms with Crippen LogP contribution in [0.4, 0.5) is 5.69 Å². The molecule has 0 aliphatic carbocycles. The molecular formula is C31H31NOSi. The molecule has 2 nitrogen and oxygen atoms in total. The lowest BCUT2D eigenvalue weighted by Gasteiger charge is -2.50. The number of amides is 1. The summed E-state index contributed by atoms with van der Waals surface area (Å²) in [6.07, 6.45) is 1.77. The van der Waals surface area contributed by atoms with E-state index in [1.165, 1.54) is 15.6 Å². The molecule has 0 radical (unpaired) electrons. The van der Waals surface area contributed by atoms with Crippen LogP contribution in [-0.2, 0) is 4.79 Å². The van der Waals surface area contributed by atoms with Crippen molar-refractivity contribution in [1.82, 2.24) is 0 Å². The van der Waals surface area contributed by atoms with E-state index in [-0.39, 0.29) is 11.3 Å². The van der Waals surface area contributed by atoms with Crippen LogP contribution < -0.4 is 20.5 Å². The Morgan fingerprint density at radius 3 is 1.47 bits per heavy atom. The van der Waals surface area contributed by atoms with E-state index >= 15 is 0 Å². The fraction of sp³-hybridized carbons (Fsp3) is 0.194. The summed E-state index contributed by atoms with van der Waals surface area (Å²) >= 11 is 0. The highest BCUT2D eigenvalue weighted by molar-refractivity contribution is 7.11. The largest absolute Gasteiger partial charge is 0.311 e. The Balaban J connectivity index is 1.55. The van der Waals surface area contributed by atoms with Gasteiger partial charge in [-0.2, -0.15) is 0 Å². The first-order chi connectivity index (χ1) is 16.7. The van der Waals surface area contributed by atoms with Gasteiger partial charge < -0.3 is 4.90 Å². The molecule has 0 aromatic heterocycles. The molecule has 1 saturated heterocycles. The van der Waals surface area contributed by atoms with E-state index in [9.17, 15) is 4.79 Å². The Hall–Kier alpha value is -3.43. The average Bonchev–Trinajstić information content (AvgIpc) is 2.92. The van der Waals surface area contributed by atoms with E-state index in [0.717, 1.165) is 31.1 Å². The number of carbonyl (C=O) groups is 1. The Morgan fingerprint density at radius 1 is 0.676 bits per heavy atom. The molecule has 1 heterocycles. The summed E-state index contributed by atoms with van der Waals surface area (Å²) < 4.78 is 0. The fourth-order valence-corrected chi connectivity index (χ4v) is 10.6. The second-order valence-electron chi connectivity index (χ2n) is 9.36. The van der Waals surface area contributed by atoms with Gasteiger partial charge in [-0.3, -0.25) is 4.79 Å². The summed E-state index contributed by atoms with van der Waals surface area (Å²) in [5.74, 6) is 0.276. The van der Waals surface area contributed by atoms with E-state index in [1.54, 1.807) is 0 Å². The number of anilines is 1. The third-order valence-corrected chi connectivity index (χ3v) is 12.6. The van der Waals surface area contributed by atoms with Gasteiger partial charge in [-0.25, -0.2) is 0 Å². The third-order valence-electron chi connectivity index (χ3n) is 7.68. The number of rotatable bonds is 8. The lowest BCUT2D eigenvalue weighted by atomic mass is 9.74. The predicted molar refractivity (Wildman–Crippen MR) is 145 cm³/mol. The monoisotopic (exact) mass is 461 g/mol. The maximum atomic E-state index is 13.6. The molecule has 4 aromatic carbocycles. The first kappa shape index (κ1) is 22.4. The molecule has 0 unspecified atom stereocenters. The van der Waals surface area contributed by atoms with Gasteiger partial charge in [-0.15, -0.1) is 0 Å². The van der Waals surface area contributed by atoms with Crippen LogP contribution in [0, 0.1) is 5.41 Å². The smallest absolute Gasteiger partial charge is 0.235 e. The molecule has 170 valence electrons. The fourth-order valence-electron chi connectivity index (χ4n) is 5.61. The summed E-state index contributed by atoms with van der Waals surface area (Å²) in [5, 5.41) is 4.22. The predicted octanol–water partition coefficient (Wildman–Crippen LogP) is 4.99. The SMILES string of the molecule is CC[C@]1(CC[Si](c2ccccc2)(c2ccccc2)c2ccccc2)CN(c2ccccc2)C1=O. The van der Waals surface area contributed by atoms with Crippen LogP contribution in [0.5, 0.6) is 0 Å². The van der Waals surface area contributed by atoms with E-state index in [0.29, 0.717) is 0 Å². The molecular weight excluding hydrogens is 430 g/mol. The summed E-state index contributed by atoms with van der Waals surface area (Å²) in [7, 11) is -2.33. The van der Waals surface area contributed by atoms with Crippen molar-refractivity contribution in [3.8, 4) is 0 Å². The van der Waals surface area contributed by atoms with Crippen molar-refractivity contribution in [3.05, 3.63) is 121 Å². The van der Waals surface area contributed by atoms with E-state index in [1.807, 2.05) is 35.2 Å². The Labute approximate surface area is 203 Å². The van der Waals surface area contributed by atoms with Crippen molar-refractivity contribution >= 4 is 35.2 Å². The molecule has 3 heteroatoms. The molecule has 0 bridgehead atoms. The lowest BCUT2D eigenvalue weighted by molar-refractivity contribution is -0.135. The molecule has 0 spiro atoms. The maximum absolute atomic E-state index is 13.6. The highest BCUT2D eigenvalue weighted by Crippen LogP contribution is 2.43. The van der Waals surface area contributed by atoms with Crippen LogP contribution >= 0.6 is 0 Å². The van der Waals surface area contributed by atoms with Crippen molar-refractivity contribution < 1.29 is 4.79 Å². The zero-order chi connectivity index (χ0) is 23.4. The molecule has 1 aliphatic rings. The minimum atomic E-state index is -2.33. The van der Waals surface area contributed by atoms with Crippen LogP contribution in [-0.4, -0.2) is 20.5 Å². The van der Waals surface area contributed by atoms with Gasteiger partial charge in [0.25, 0.3) is 0 Å². The second kappa shape index (κ2) is 9.44. The molecule has 34 heavy (non-hydrogen) atoms. The van der Waals surface area contributed by atoms with E-state index in [4.69, 9.17) is 0 Å². The first-order valence-corrected chi connectivity index (χ1v) is 14.4. The van der Waals surface area contributed by atoms with Gasteiger partial charge in [0.05, 0.1) is 5.41 Å². The van der Waals surface area contributed by atoms with Crippen LogP contribution in [0.3, 0.4) is 0 Å². The van der Waals surface area contributed by atoms with E-state index in [2.05, 4.69) is 97.9 Å². The zero-order valence-corrected chi connectivity index (χ0v) is 20.7. The Bertz CT molecular complexity index is 1130. The Kier molecular flexibility index (Phi) is 6.21. The number of nitrogens with zero attached hydrogens (tertiary/aromatic N) is 1. The molecule has 1 amide bonds. The van der Waals surface area contributed by atoms with Gasteiger partial charge in [-0.05, 0) is 46.6 Å². The highest BCUT2D eigenvalue weighted by Gasteiger charge is 2.52. The second-order valence-corrected chi connectivity index (χ2v) is 13.4. The number of β-lactam (4-membered cyclic amide) rings is 1. The first-order valence-electron chi connectivity index (χ1n) is 12.2. The molecule has 1 atom stereocenters. The number of para-hydroxylation sites is 1. The lowest BCUT2D eigenvalue weighted by Crippen LogP contribution is -2.69. The number of benzene rings is 4. The maximum Gasteiger partial charge on any atom is 0.235 e. The van der Waals surface area contributed by atoms with E-state index < -0.39 is 8.07 Å². The molecule has 5 rings (SSSR count). The van der Waals surface area contributed by atoms with Crippen molar-refractivity contribution in [3.63, 3.8) is 0 Å². The van der Waals surface area contributed by atoms with Crippen LogP contribution in [0.15, 0.2) is 121 Å². The molecule has 0 N–H and O–H groups in total. The standard InChI is InChI=1S/C31H31NOSi/c1-2-31(25-32(30(31)33)26-15-7-3-8-16-26)23-24-34(27-17-9-4-10-18-27,28-19-11-5-12-20-28)29-21-13-6-14-22-29/h3-22H,2,23-25H2,1H3/t31-/m0/s1. The highest BCUT2D eigenvalue weighted by atomic mass is 28.3.